The van der Waals surface area contributed by atoms with E-state index in [2.05, 4.69) is 37.5 Å². The number of hydrogen-bond acceptors (Lipinski definition) is 3. The Hall–Kier alpha value is -1.29. The van der Waals surface area contributed by atoms with Crippen molar-refractivity contribution in [2.45, 2.75) is 31.8 Å². The summed E-state index contributed by atoms with van der Waals surface area (Å²) < 4.78 is 2.13. The predicted molar refractivity (Wildman–Crippen MR) is 117 cm³/mol. The van der Waals surface area contributed by atoms with E-state index in [9.17, 15) is 4.79 Å². The van der Waals surface area contributed by atoms with Crippen LogP contribution in [0.3, 0.4) is 0 Å². The summed E-state index contributed by atoms with van der Waals surface area (Å²) in [7, 11) is 5.46. The maximum absolute atomic E-state index is 12.2. The molecule has 0 saturated carbocycles. The van der Waals surface area contributed by atoms with Gasteiger partial charge in [0, 0.05) is 59.7 Å². The van der Waals surface area contributed by atoms with Crippen molar-refractivity contribution in [3.05, 3.63) is 24.5 Å². The van der Waals surface area contributed by atoms with Crippen LogP contribution in [0.4, 0.5) is 0 Å². The molecule has 1 aliphatic heterocycles. The normalized spacial score (nSPS) is 17.7. The summed E-state index contributed by atoms with van der Waals surface area (Å²) in [6.45, 7) is 4.56. The molecule has 1 aliphatic rings. The summed E-state index contributed by atoms with van der Waals surface area (Å²) in [6, 6.07) is 4.12. The van der Waals surface area contributed by atoms with E-state index in [0.717, 1.165) is 57.9 Å². The number of likely N-dealkylation sites (N-methyl/N-ethyl adjacent to an activating group) is 1. The molecule has 1 aromatic heterocycles. The number of carbonyl (C=O) groups is 1. The smallest absolute Gasteiger partial charge is 0.239 e. The van der Waals surface area contributed by atoms with Crippen LogP contribution in [0.5, 0.6) is 0 Å². The quantitative estimate of drug-likeness (QED) is 0.256. The second-order valence-corrected chi connectivity index (χ2v) is 6.63. The highest BCUT2D eigenvalue weighted by Gasteiger charge is 2.30. The van der Waals surface area contributed by atoms with Gasteiger partial charge in [0.1, 0.15) is 0 Å². The van der Waals surface area contributed by atoms with Crippen molar-refractivity contribution in [3.63, 3.8) is 0 Å². The molecule has 0 aliphatic carbocycles. The van der Waals surface area contributed by atoms with Crippen molar-refractivity contribution >= 4 is 35.8 Å². The molecule has 2 heterocycles. The van der Waals surface area contributed by atoms with Crippen molar-refractivity contribution in [2.75, 3.05) is 47.3 Å². The maximum Gasteiger partial charge on any atom is 0.239 e. The molecule has 2 N–H and O–H groups in total. The highest BCUT2D eigenvalue weighted by molar-refractivity contribution is 14.0. The molecule has 26 heavy (non-hydrogen) atoms. The Morgan fingerprint density at radius 1 is 1.19 bits per heavy atom. The largest absolute Gasteiger partial charge is 0.356 e. The third-order valence-electron chi connectivity index (χ3n) is 4.56. The van der Waals surface area contributed by atoms with Gasteiger partial charge in [-0.15, -0.1) is 24.0 Å². The number of aliphatic imine (C=N–C) groups is 1. The number of amides is 1. The zero-order valence-corrected chi connectivity index (χ0v) is 18.5. The lowest BCUT2D eigenvalue weighted by Gasteiger charge is -2.26. The number of nitrogens with zero attached hydrogens (tertiary/aromatic N) is 4. The molecular weight excluding hydrogens is 443 g/mol. The second kappa shape index (κ2) is 12.2. The van der Waals surface area contributed by atoms with Gasteiger partial charge in [-0.05, 0) is 37.9 Å². The molecule has 8 heteroatoms. The fraction of sp³-hybridized carbons (Fsp3) is 0.667. The van der Waals surface area contributed by atoms with Crippen molar-refractivity contribution in [2.24, 2.45) is 4.99 Å². The molecule has 7 nitrogen and oxygen atoms in total. The number of likely N-dealkylation sites (tertiary alicyclic amines) is 1. The first kappa shape index (κ1) is 22.8. The van der Waals surface area contributed by atoms with Crippen molar-refractivity contribution < 1.29 is 4.79 Å². The molecule has 1 saturated heterocycles. The minimum absolute atomic E-state index is 0. The number of carbonyl (C=O) groups excluding carboxylic acids is 1. The molecule has 1 unspecified atom stereocenters. The van der Waals surface area contributed by atoms with Crippen LogP contribution in [-0.2, 0) is 11.3 Å². The monoisotopic (exact) mass is 476 g/mol. The minimum atomic E-state index is 0. The molecule has 1 amide bonds. The first-order chi connectivity index (χ1) is 12.1. The molecule has 1 atom stereocenters. The number of aromatic nitrogens is 1. The standard InChI is InChI=1S/C18H32N6O.HI/c1-19-18(21-10-15-23-11-4-5-12-23)20-9-7-14-24-13-6-8-16(24)17(25)22(2)3;/h4-5,11-12,16H,6-10,13-15H2,1-3H3,(H2,19,20,21);1H. The van der Waals surface area contributed by atoms with Gasteiger partial charge in [0.15, 0.2) is 5.96 Å². The third-order valence-corrected chi connectivity index (χ3v) is 4.56. The Balaban J connectivity index is 0.00000338. The van der Waals surface area contributed by atoms with Crippen LogP contribution in [0.2, 0.25) is 0 Å². The van der Waals surface area contributed by atoms with E-state index in [-0.39, 0.29) is 35.9 Å². The van der Waals surface area contributed by atoms with Crippen LogP contribution in [0, 0.1) is 0 Å². The number of hydrogen-bond donors (Lipinski definition) is 2. The third kappa shape index (κ3) is 7.14. The highest BCUT2D eigenvalue weighted by Crippen LogP contribution is 2.18. The van der Waals surface area contributed by atoms with Gasteiger partial charge in [-0.2, -0.15) is 0 Å². The summed E-state index contributed by atoms with van der Waals surface area (Å²) in [5.74, 6) is 1.06. The average molecular weight is 476 g/mol. The van der Waals surface area contributed by atoms with Crippen LogP contribution < -0.4 is 10.6 Å². The van der Waals surface area contributed by atoms with Crippen LogP contribution in [0.25, 0.3) is 0 Å². The topological polar surface area (TPSA) is 64.9 Å². The van der Waals surface area contributed by atoms with E-state index in [4.69, 9.17) is 0 Å². The molecule has 2 rings (SSSR count). The fourth-order valence-electron chi connectivity index (χ4n) is 3.20. The van der Waals surface area contributed by atoms with E-state index in [1.165, 1.54) is 0 Å². The number of rotatable bonds is 8. The van der Waals surface area contributed by atoms with Gasteiger partial charge >= 0.3 is 0 Å². The number of guanidine groups is 1. The van der Waals surface area contributed by atoms with Gasteiger partial charge in [0.2, 0.25) is 5.91 Å². The summed E-state index contributed by atoms with van der Waals surface area (Å²) in [5.41, 5.74) is 0. The Labute approximate surface area is 174 Å². The molecular formula is C18H33IN6O. The van der Waals surface area contributed by atoms with E-state index in [1.54, 1.807) is 11.9 Å². The lowest BCUT2D eigenvalue weighted by Crippen LogP contribution is -2.44. The Kier molecular flexibility index (Phi) is 10.6. The average Bonchev–Trinajstić information content (AvgIpc) is 3.27. The molecule has 0 spiro atoms. The number of nitrogens with one attached hydrogen (secondary N) is 2. The highest BCUT2D eigenvalue weighted by atomic mass is 127. The lowest BCUT2D eigenvalue weighted by atomic mass is 10.2. The van der Waals surface area contributed by atoms with E-state index in [1.807, 2.05) is 26.2 Å². The Morgan fingerprint density at radius 3 is 2.54 bits per heavy atom. The fourth-order valence-corrected chi connectivity index (χ4v) is 3.20. The van der Waals surface area contributed by atoms with Crippen molar-refractivity contribution in [3.8, 4) is 0 Å². The Morgan fingerprint density at radius 2 is 1.88 bits per heavy atom. The van der Waals surface area contributed by atoms with Gasteiger partial charge in [-0.3, -0.25) is 14.7 Å². The minimum Gasteiger partial charge on any atom is -0.356 e. The van der Waals surface area contributed by atoms with Gasteiger partial charge in [-0.1, -0.05) is 0 Å². The van der Waals surface area contributed by atoms with Crippen LogP contribution in [-0.4, -0.2) is 79.6 Å². The summed E-state index contributed by atoms with van der Waals surface area (Å²) in [4.78, 5) is 20.5. The maximum atomic E-state index is 12.2. The Bertz CT molecular complexity index is 546. The van der Waals surface area contributed by atoms with Gasteiger partial charge < -0.3 is 20.1 Å². The SMILES string of the molecule is CN=C(NCCCN1CCCC1C(=O)N(C)C)NCCn1cccc1.I. The first-order valence-corrected chi connectivity index (χ1v) is 9.12. The molecule has 1 aromatic rings. The summed E-state index contributed by atoms with van der Waals surface area (Å²) >= 11 is 0. The van der Waals surface area contributed by atoms with Crippen LogP contribution in [0.1, 0.15) is 19.3 Å². The second-order valence-electron chi connectivity index (χ2n) is 6.63. The zero-order valence-electron chi connectivity index (χ0n) is 16.1. The van der Waals surface area contributed by atoms with Crippen LogP contribution >= 0.6 is 24.0 Å². The predicted octanol–water partition coefficient (Wildman–Crippen LogP) is 1.21. The van der Waals surface area contributed by atoms with Gasteiger partial charge in [-0.25, -0.2) is 0 Å². The molecule has 0 bridgehead atoms. The summed E-state index contributed by atoms with van der Waals surface area (Å²) in [5, 5.41) is 6.67. The molecule has 148 valence electrons. The molecule has 0 aromatic carbocycles. The van der Waals surface area contributed by atoms with E-state index < -0.39 is 0 Å². The van der Waals surface area contributed by atoms with Gasteiger partial charge in [0.05, 0.1) is 6.04 Å². The zero-order chi connectivity index (χ0) is 18.1. The van der Waals surface area contributed by atoms with E-state index >= 15 is 0 Å². The molecule has 1 fully saturated rings. The number of halogens is 1. The first-order valence-electron chi connectivity index (χ1n) is 9.12. The van der Waals surface area contributed by atoms with Crippen molar-refractivity contribution in [1.29, 1.82) is 0 Å². The molecule has 0 radical (unpaired) electrons. The van der Waals surface area contributed by atoms with Crippen molar-refractivity contribution in [1.82, 2.24) is 25.0 Å². The summed E-state index contributed by atoms with van der Waals surface area (Å²) in [6.07, 6.45) is 7.20. The van der Waals surface area contributed by atoms with E-state index in [0.29, 0.717) is 0 Å². The van der Waals surface area contributed by atoms with Crippen LogP contribution in [0.15, 0.2) is 29.5 Å². The lowest BCUT2D eigenvalue weighted by molar-refractivity contribution is -0.133. The van der Waals surface area contributed by atoms with Gasteiger partial charge in [0.25, 0.3) is 0 Å².